The first-order valence-corrected chi connectivity index (χ1v) is 12.3. The fourth-order valence-electron chi connectivity index (χ4n) is 6.13. The standard InChI is InChI=1S/C26H30N2O8/c1-2-12-15-9-18-20-14(13-5-3-4-6-17(13)27-20)7-8-28(18)24(33)16(15)11-34-25(12)36-26-23(32)22(31)21(30)19(10-29)35-26/h2-6,11-12,15,18-19,21-23,25-27,29-32H,1,7-10H2/t12-,15+,18+,19-,21-,22+,23-,25-,26+/m1/s1. The minimum absolute atomic E-state index is 0.0845. The summed E-state index contributed by atoms with van der Waals surface area (Å²) in [6, 6.07) is 8.01. The Balaban J connectivity index is 1.28. The summed E-state index contributed by atoms with van der Waals surface area (Å²) in [5.41, 5.74) is 3.89. The molecule has 2 fully saturated rings. The third kappa shape index (κ3) is 3.52. The number of nitrogens with one attached hydrogen (secondary N) is 1. The maximum absolute atomic E-state index is 13.5. The monoisotopic (exact) mass is 498 g/mol. The van der Waals surface area contributed by atoms with Crippen LogP contribution >= 0.6 is 0 Å². The summed E-state index contributed by atoms with van der Waals surface area (Å²) >= 11 is 0. The summed E-state index contributed by atoms with van der Waals surface area (Å²) in [5, 5.41) is 41.3. The third-order valence-corrected chi connectivity index (χ3v) is 8.04. The number of para-hydroxylation sites is 1. The Bertz CT molecular complexity index is 1210. The minimum atomic E-state index is -1.56. The number of rotatable bonds is 4. The molecule has 36 heavy (non-hydrogen) atoms. The average Bonchev–Trinajstić information content (AvgIpc) is 3.28. The Kier molecular flexibility index (Phi) is 5.90. The van der Waals surface area contributed by atoms with Crippen LogP contribution in [0.2, 0.25) is 0 Å². The van der Waals surface area contributed by atoms with Gasteiger partial charge in [-0.3, -0.25) is 4.79 Å². The second-order valence-electron chi connectivity index (χ2n) is 9.89. The van der Waals surface area contributed by atoms with Crippen molar-refractivity contribution >= 4 is 16.8 Å². The number of aromatic nitrogens is 1. The van der Waals surface area contributed by atoms with E-state index in [1.807, 2.05) is 23.1 Å². The van der Waals surface area contributed by atoms with Gasteiger partial charge in [-0.05, 0) is 24.5 Å². The van der Waals surface area contributed by atoms with Gasteiger partial charge in [0.1, 0.15) is 24.4 Å². The second-order valence-corrected chi connectivity index (χ2v) is 9.89. The van der Waals surface area contributed by atoms with Gasteiger partial charge in [-0.2, -0.15) is 0 Å². The van der Waals surface area contributed by atoms with Crippen molar-refractivity contribution in [1.82, 2.24) is 9.88 Å². The van der Waals surface area contributed by atoms with Gasteiger partial charge < -0.3 is 44.5 Å². The number of carbonyl (C=O) groups is 1. The normalized spacial score (nSPS) is 38.0. The summed E-state index contributed by atoms with van der Waals surface area (Å²) in [6.45, 7) is 4.01. The lowest BCUT2D eigenvalue weighted by atomic mass is 9.74. The van der Waals surface area contributed by atoms with Gasteiger partial charge in [-0.15, -0.1) is 6.58 Å². The largest absolute Gasteiger partial charge is 0.471 e. The lowest BCUT2D eigenvalue weighted by Gasteiger charge is -2.48. The molecule has 1 aromatic heterocycles. The lowest BCUT2D eigenvalue weighted by Crippen LogP contribution is -2.60. The number of benzene rings is 1. The molecule has 5 N–H and O–H groups in total. The number of ether oxygens (including phenoxy) is 3. The average molecular weight is 499 g/mol. The van der Waals surface area contributed by atoms with Crippen LogP contribution in [-0.2, 0) is 25.4 Å². The maximum Gasteiger partial charge on any atom is 0.253 e. The minimum Gasteiger partial charge on any atom is -0.471 e. The maximum atomic E-state index is 13.5. The Morgan fingerprint density at radius 1 is 1.17 bits per heavy atom. The van der Waals surface area contributed by atoms with E-state index in [-0.39, 0.29) is 17.9 Å². The van der Waals surface area contributed by atoms with Gasteiger partial charge in [-0.25, -0.2) is 0 Å². The molecule has 10 heteroatoms. The molecule has 10 nitrogen and oxygen atoms in total. The zero-order chi connectivity index (χ0) is 25.1. The van der Waals surface area contributed by atoms with Crippen LogP contribution in [0.25, 0.3) is 10.9 Å². The van der Waals surface area contributed by atoms with Gasteiger partial charge >= 0.3 is 0 Å². The Hall–Kier alpha value is -2.73. The van der Waals surface area contributed by atoms with Crippen molar-refractivity contribution in [2.24, 2.45) is 11.8 Å². The van der Waals surface area contributed by atoms with Crippen molar-refractivity contribution < 1.29 is 39.4 Å². The van der Waals surface area contributed by atoms with E-state index < -0.39 is 49.5 Å². The summed E-state index contributed by atoms with van der Waals surface area (Å²) < 4.78 is 17.2. The number of H-pyrrole nitrogens is 1. The van der Waals surface area contributed by atoms with E-state index in [4.69, 9.17) is 14.2 Å². The zero-order valence-electron chi connectivity index (χ0n) is 19.6. The van der Waals surface area contributed by atoms with Crippen LogP contribution in [0.1, 0.15) is 23.7 Å². The van der Waals surface area contributed by atoms with Crippen molar-refractivity contribution in [2.45, 2.75) is 55.9 Å². The number of fused-ring (bicyclic) bond motifs is 6. The SMILES string of the molecule is C=C[C@H]1[C@@H](O[C@@H]2O[C@H](CO)[C@@H](O)[C@H](O)[C@H]2O)OC=C2C(=O)N3CCc4c([nH]c5ccccc45)[C@@H]3C[C@H]21. The Morgan fingerprint density at radius 3 is 2.75 bits per heavy atom. The molecule has 0 aliphatic carbocycles. The van der Waals surface area contributed by atoms with Crippen LogP contribution in [0, 0.1) is 11.8 Å². The number of amides is 1. The molecule has 4 aliphatic rings. The van der Waals surface area contributed by atoms with Gasteiger partial charge in [0.05, 0.1) is 24.5 Å². The third-order valence-electron chi connectivity index (χ3n) is 8.04. The van der Waals surface area contributed by atoms with E-state index in [0.717, 1.165) is 17.6 Å². The van der Waals surface area contributed by atoms with Gasteiger partial charge in [0.25, 0.3) is 5.91 Å². The van der Waals surface area contributed by atoms with E-state index in [1.54, 1.807) is 6.08 Å². The first-order valence-electron chi connectivity index (χ1n) is 12.3. The van der Waals surface area contributed by atoms with Crippen LogP contribution in [-0.4, -0.2) is 86.4 Å². The second kappa shape index (κ2) is 8.98. The van der Waals surface area contributed by atoms with Crippen molar-refractivity contribution in [2.75, 3.05) is 13.2 Å². The van der Waals surface area contributed by atoms with E-state index in [1.165, 1.54) is 17.2 Å². The molecule has 0 saturated carbocycles. The number of nitrogens with zero attached hydrogens (tertiary/aromatic N) is 1. The summed E-state index contributed by atoms with van der Waals surface area (Å²) in [5.74, 6) is -0.783. The van der Waals surface area contributed by atoms with E-state index in [0.29, 0.717) is 18.5 Å². The highest BCUT2D eigenvalue weighted by molar-refractivity contribution is 5.96. The molecule has 192 valence electrons. The molecular weight excluding hydrogens is 468 g/mol. The molecule has 0 radical (unpaired) electrons. The molecular formula is C26H30N2O8. The van der Waals surface area contributed by atoms with Crippen molar-refractivity contribution in [3.63, 3.8) is 0 Å². The van der Waals surface area contributed by atoms with Crippen molar-refractivity contribution in [1.29, 1.82) is 0 Å². The molecule has 6 rings (SSSR count). The topological polar surface area (TPSA) is 145 Å². The van der Waals surface area contributed by atoms with Gasteiger partial charge in [0.15, 0.2) is 6.29 Å². The number of carbonyl (C=O) groups excluding carboxylic acids is 1. The van der Waals surface area contributed by atoms with Crippen LogP contribution in [0.15, 0.2) is 48.8 Å². The Labute approximate surface area is 207 Å². The van der Waals surface area contributed by atoms with Crippen molar-refractivity contribution in [3.8, 4) is 0 Å². The number of aliphatic hydroxyl groups is 4. The van der Waals surface area contributed by atoms with Crippen LogP contribution in [0.4, 0.5) is 0 Å². The fourth-order valence-corrected chi connectivity index (χ4v) is 6.13. The van der Waals surface area contributed by atoms with E-state index in [9.17, 15) is 25.2 Å². The van der Waals surface area contributed by atoms with Gasteiger partial charge in [0.2, 0.25) is 6.29 Å². The molecule has 0 spiro atoms. The molecule has 1 aromatic carbocycles. The van der Waals surface area contributed by atoms with E-state index >= 15 is 0 Å². The molecule has 9 atom stereocenters. The van der Waals surface area contributed by atoms with Crippen LogP contribution < -0.4 is 0 Å². The zero-order valence-corrected chi connectivity index (χ0v) is 19.6. The van der Waals surface area contributed by atoms with Gasteiger partial charge in [0, 0.05) is 35.0 Å². The summed E-state index contributed by atoms with van der Waals surface area (Å²) in [7, 11) is 0. The number of aliphatic hydroxyl groups excluding tert-OH is 4. The van der Waals surface area contributed by atoms with Crippen LogP contribution in [0.3, 0.4) is 0 Å². The highest BCUT2D eigenvalue weighted by Gasteiger charge is 2.51. The predicted molar refractivity (Wildman–Crippen MR) is 126 cm³/mol. The molecule has 4 aliphatic heterocycles. The van der Waals surface area contributed by atoms with Crippen LogP contribution in [0.5, 0.6) is 0 Å². The first kappa shape index (κ1) is 23.7. The quantitative estimate of drug-likeness (QED) is 0.383. The summed E-state index contributed by atoms with van der Waals surface area (Å²) in [4.78, 5) is 19.0. The molecule has 5 heterocycles. The molecule has 2 saturated heterocycles. The molecule has 2 aromatic rings. The van der Waals surface area contributed by atoms with E-state index in [2.05, 4.69) is 17.6 Å². The van der Waals surface area contributed by atoms with Gasteiger partial charge in [-0.1, -0.05) is 24.3 Å². The Morgan fingerprint density at radius 2 is 1.97 bits per heavy atom. The number of hydrogen-bond donors (Lipinski definition) is 5. The number of hydrogen-bond acceptors (Lipinski definition) is 8. The smallest absolute Gasteiger partial charge is 0.253 e. The lowest BCUT2D eigenvalue weighted by molar-refractivity contribution is -0.339. The summed E-state index contributed by atoms with van der Waals surface area (Å²) in [6.07, 6.45) is -3.53. The molecule has 1 amide bonds. The number of aromatic amines is 1. The predicted octanol–water partition coefficient (Wildman–Crippen LogP) is 0.473. The molecule has 0 bridgehead atoms. The number of piperidine rings is 1. The fraction of sp³-hybridized carbons (Fsp3) is 0.500. The first-order chi connectivity index (χ1) is 17.4. The molecule has 0 unspecified atom stereocenters. The highest BCUT2D eigenvalue weighted by atomic mass is 16.8. The highest BCUT2D eigenvalue weighted by Crippen LogP contribution is 2.48. The van der Waals surface area contributed by atoms with Crippen molar-refractivity contribution in [3.05, 3.63) is 60.0 Å².